The Kier molecular flexibility index (Phi) is 6.69. The number of rotatable bonds is 9. The second kappa shape index (κ2) is 8.39. The topological polar surface area (TPSA) is 66.7 Å². The lowest BCUT2D eigenvalue weighted by atomic mass is 10.0. The lowest BCUT2D eigenvalue weighted by Crippen LogP contribution is -2.16. The van der Waals surface area contributed by atoms with Crippen molar-refractivity contribution in [2.75, 3.05) is 0 Å². The predicted octanol–water partition coefficient (Wildman–Crippen LogP) is 3.40. The summed E-state index contributed by atoms with van der Waals surface area (Å²) < 4.78 is 0. The van der Waals surface area contributed by atoms with E-state index in [1.165, 1.54) is 5.56 Å². The molecule has 0 fully saturated rings. The molecule has 0 aliphatic heterocycles. The zero-order valence-corrected chi connectivity index (χ0v) is 10.4. The van der Waals surface area contributed by atoms with E-state index in [1.807, 2.05) is 18.2 Å². The van der Waals surface area contributed by atoms with Crippen LogP contribution in [-0.4, -0.2) is 17.1 Å². The molecule has 0 saturated heterocycles. The number of carboxylic acid groups (broad SMARTS) is 1. The summed E-state index contributed by atoms with van der Waals surface area (Å²) >= 11 is 0. The fourth-order valence-corrected chi connectivity index (χ4v) is 1.89. The van der Waals surface area contributed by atoms with Gasteiger partial charge in [-0.25, -0.2) is 4.79 Å². The molecule has 1 rings (SSSR count). The standard InChI is InChI=1S/C14H19NO3/c16-14(17)13(15-18)11-7-2-1-4-8-12-9-5-3-6-10-12/h3,5-6,9-10,13H,1-2,4,7-8,11H2,(H,16,17). The van der Waals surface area contributed by atoms with E-state index < -0.39 is 12.0 Å². The summed E-state index contributed by atoms with van der Waals surface area (Å²) in [6.07, 6.45) is 5.25. The Morgan fingerprint density at radius 2 is 1.78 bits per heavy atom. The van der Waals surface area contributed by atoms with Gasteiger partial charge in [0.1, 0.15) is 0 Å². The Bertz CT molecular complexity index is 365. The fraction of sp³-hybridized carbons (Fsp3) is 0.500. The molecule has 0 saturated carbocycles. The Morgan fingerprint density at radius 1 is 1.11 bits per heavy atom. The average molecular weight is 249 g/mol. The first-order valence-electron chi connectivity index (χ1n) is 6.33. The van der Waals surface area contributed by atoms with Crippen molar-refractivity contribution in [1.29, 1.82) is 0 Å². The van der Waals surface area contributed by atoms with E-state index in [-0.39, 0.29) is 0 Å². The Hall–Kier alpha value is -1.71. The number of hydrogen-bond acceptors (Lipinski definition) is 3. The molecule has 18 heavy (non-hydrogen) atoms. The Balaban J connectivity index is 2.05. The highest BCUT2D eigenvalue weighted by Crippen LogP contribution is 2.11. The molecular formula is C14H19NO3. The van der Waals surface area contributed by atoms with E-state index >= 15 is 0 Å². The normalized spacial score (nSPS) is 12.0. The van der Waals surface area contributed by atoms with Gasteiger partial charge in [0.25, 0.3) is 0 Å². The highest BCUT2D eigenvalue weighted by atomic mass is 16.4. The van der Waals surface area contributed by atoms with Gasteiger partial charge in [0.2, 0.25) is 0 Å². The molecule has 1 atom stereocenters. The molecule has 98 valence electrons. The number of nitrogens with zero attached hydrogens (tertiary/aromatic N) is 1. The third-order valence-corrected chi connectivity index (χ3v) is 2.95. The minimum Gasteiger partial charge on any atom is -0.480 e. The van der Waals surface area contributed by atoms with E-state index in [1.54, 1.807) is 0 Å². The molecule has 1 aromatic carbocycles. The third-order valence-electron chi connectivity index (χ3n) is 2.95. The molecule has 1 N–H and O–H groups in total. The summed E-state index contributed by atoms with van der Waals surface area (Å²) in [6, 6.07) is 9.21. The number of carbonyl (C=O) groups is 1. The summed E-state index contributed by atoms with van der Waals surface area (Å²) in [5, 5.41) is 11.2. The van der Waals surface area contributed by atoms with Crippen LogP contribution < -0.4 is 0 Å². The van der Waals surface area contributed by atoms with Crippen LogP contribution in [0.3, 0.4) is 0 Å². The van der Waals surface area contributed by atoms with Crippen molar-refractivity contribution in [3.8, 4) is 0 Å². The van der Waals surface area contributed by atoms with Gasteiger partial charge in [-0.3, -0.25) is 0 Å². The van der Waals surface area contributed by atoms with Crippen molar-refractivity contribution in [1.82, 2.24) is 0 Å². The zero-order chi connectivity index (χ0) is 13.2. The molecule has 0 aliphatic rings. The molecule has 0 aliphatic carbocycles. The first kappa shape index (κ1) is 14.4. The van der Waals surface area contributed by atoms with Crippen LogP contribution in [0.2, 0.25) is 0 Å². The van der Waals surface area contributed by atoms with Gasteiger partial charge in [-0.2, -0.15) is 0 Å². The van der Waals surface area contributed by atoms with Crippen molar-refractivity contribution < 1.29 is 9.90 Å². The minimum absolute atomic E-state index is 0.351. The Morgan fingerprint density at radius 3 is 2.39 bits per heavy atom. The van der Waals surface area contributed by atoms with E-state index in [2.05, 4.69) is 17.3 Å². The SMILES string of the molecule is O=NC(CCCCCCc1ccccc1)C(=O)O. The van der Waals surface area contributed by atoms with E-state index in [4.69, 9.17) is 5.11 Å². The number of aliphatic carboxylic acids is 1. The van der Waals surface area contributed by atoms with E-state index in [0.29, 0.717) is 6.42 Å². The first-order valence-corrected chi connectivity index (χ1v) is 6.33. The third kappa shape index (κ3) is 5.57. The molecule has 0 radical (unpaired) electrons. The van der Waals surface area contributed by atoms with Gasteiger partial charge in [-0.15, -0.1) is 4.91 Å². The summed E-state index contributed by atoms with van der Waals surface area (Å²) in [5.74, 6) is -1.12. The van der Waals surface area contributed by atoms with Crippen LogP contribution in [0.25, 0.3) is 0 Å². The van der Waals surface area contributed by atoms with Gasteiger partial charge < -0.3 is 5.11 Å². The number of aryl methyl sites for hydroxylation is 1. The van der Waals surface area contributed by atoms with Crippen LogP contribution in [-0.2, 0) is 11.2 Å². The summed E-state index contributed by atoms with van der Waals surface area (Å²) in [7, 11) is 0. The lowest BCUT2D eigenvalue weighted by Gasteiger charge is -2.04. The van der Waals surface area contributed by atoms with Crippen LogP contribution in [0.4, 0.5) is 0 Å². The van der Waals surface area contributed by atoms with Crippen LogP contribution >= 0.6 is 0 Å². The minimum atomic E-state index is -1.12. The molecular weight excluding hydrogens is 230 g/mol. The van der Waals surface area contributed by atoms with Gasteiger partial charge >= 0.3 is 5.97 Å². The number of hydrogen-bond donors (Lipinski definition) is 1. The van der Waals surface area contributed by atoms with Gasteiger partial charge in [0.05, 0.1) is 0 Å². The number of nitroso groups, excluding NO2 is 1. The Labute approximate surface area is 107 Å². The highest BCUT2D eigenvalue weighted by molar-refractivity contribution is 5.73. The van der Waals surface area contributed by atoms with Crippen LogP contribution in [0.5, 0.6) is 0 Å². The largest absolute Gasteiger partial charge is 0.480 e. The first-order chi connectivity index (χ1) is 8.74. The maximum Gasteiger partial charge on any atom is 0.332 e. The van der Waals surface area contributed by atoms with Gasteiger partial charge in [-0.1, -0.05) is 54.8 Å². The summed E-state index contributed by atoms with van der Waals surface area (Å²) in [5.41, 5.74) is 1.33. The average Bonchev–Trinajstić information content (AvgIpc) is 2.38. The molecule has 4 heteroatoms. The molecule has 1 aromatic rings. The van der Waals surface area contributed by atoms with Gasteiger partial charge in [-0.05, 0) is 24.8 Å². The quantitative estimate of drug-likeness (QED) is 0.538. The molecule has 0 amide bonds. The van der Waals surface area contributed by atoms with E-state index in [0.717, 1.165) is 32.1 Å². The molecule has 4 nitrogen and oxygen atoms in total. The number of benzene rings is 1. The number of unbranched alkanes of at least 4 members (excludes halogenated alkanes) is 3. The summed E-state index contributed by atoms with van der Waals surface area (Å²) in [6.45, 7) is 0. The maximum absolute atomic E-state index is 10.5. The van der Waals surface area contributed by atoms with Crippen LogP contribution in [0.15, 0.2) is 35.5 Å². The smallest absolute Gasteiger partial charge is 0.332 e. The van der Waals surface area contributed by atoms with Gasteiger partial charge in [0.15, 0.2) is 6.04 Å². The van der Waals surface area contributed by atoms with Crippen LogP contribution in [0, 0.1) is 4.91 Å². The van der Waals surface area contributed by atoms with Crippen molar-refractivity contribution in [2.24, 2.45) is 5.18 Å². The predicted molar refractivity (Wildman–Crippen MR) is 70.4 cm³/mol. The second-order valence-electron chi connectivity index (χ2n) is 4.40. The van der Waals surface area contributed by atoms with Crippen molar-refractivity contribution >= 4 is 5.97 Å². The fourth-order valence-electron chi connectivity index (χ4n) is 1.89. The van der Waals surface area contributed by atoms with Crippen molar-refractivity contribution in [3.05, 3.63) is 40.8 Å². The highest BCUT2D eigenvalue weighted by Gasteiger charge is 2.16. The van der Waals surface area contributed by atoms with Crippen LogP contribution in [0.1, 0.15) is 37.7 Å². The van der Waals surface area contributed by atoms with Crippen molar-refractivity contribution in [3.63, 3.8) is 0 Å². The second-order valence-corrected chi connectivity index (χ2v) is 4.40. The molecule has 0 aromatic heterocycles. The monoisotopic (exact) mass is 249 g/mol. The lowest BCUT2D eigenvalue weighted by molar-refractivity contribution is -0.138. The number of carboxylic acids is 1. The zero-order valence-electron chi connectivity index (χ0n) is 10.4. The van der Waals surface area contributed by atoms with Gasteiger partial charge in [0, 0.05) is 0 Å². The molecule has 0 bridgehead atoms. The molecule has 0 spiro atoms. The molecule has 0 heterocycles. The van der Waals surface area contributed by atoms with Crippen molar-refractivity contribution in [2.45, 2.75) is 44.6 Å². The molecule has 1 unspecified atom stereocenters. The summed E-state index contributed by atoms with van der Waals surface area (Å²) in [4.78, 5) is 20.8. The van der Waals surface area contributed by atoms with E-state index in [9.17, 15) is 9.70 Å². The maximum atomic E-state index is 10.5.